The molecule has 0 radical (unpaired) electrons. The van der Waals surface area contributed by atoms with Crippen molar-refractivity contribution in [3.63, 3.8) is 0 Å². The first kappa shape index (κ1) is 25.1. The number of aliphatic hydroxyl groups is 1. The number of carboxylic acids is 1. The molecule has 1 aliphatic rings. The first-order chi connectivity index (χ1) is 16.4. The Morgan fingerprint density at radius 3 is 2.49 bits per heavy atom. The van der Waals surface area contributed by atoms with Gasteiger partial charge in [0, 0.05) is 12.4 Å². The molecule has 1 saturated carbocycles. The Morgan fingerprint density at radius 1 is 1.11 bits per heavy atom. The normalized spacial score (nSPS) is 20.3. The zero-order chi connectivity index (χ0) is 25.4. The summed E-state index contributed by atoms with van der Waals surface area (Å²) >= 11 is 1.29. The van der Waals surface area contributed by atoms with Gasteiger partial charge in [-0.3, -0.25) is 4.79 Å². The molecule has 4 rings (SSSR count). The quantitative estimate of drug-likeness (QED) is 0.390. The summed E-state index contributed by atoms with van der Waals surface area (Å²) in [6.45, 7) is 3.55. The van der Waals surface area contributed by atoms with Crippen LogP contribution in [0.3, 0.4) is 0 Å². The van der Waals surface area contributed by atoms with Gasteiger partial charge in [-0.25, -0.2) is 15.0 Å². The number of nitrogens with zero attached hydrogens (tertiary/aromatic N) is 3. The molecular weight excluding hydrogens is 481 g/mol. The number of aromatic nitrogens is 3. The number of pyridine rings is 2. The summed E-state index contributed by atoms with van der Waals surface area (Å²) in [6, 6.07) is 5.35. The molecule has 3 heterocycles. The summed E-state index contributed by atoms with van der Waals surface area (Å²) in [5, 5.41) is 23.8. The predicted octanol–water partition coefficient (Wildman–Crippen LogP) is 5.77. The Kier molecular flexibility index (Phi) is 6.83. The molecule has 1 atom stereocenters. The summed E-state index contributed by atoms with van der Waals surface area (Å²) in [4.78, 5) is 24.8. The van der Waals surface area contributed by atoms with Gasteiger partial charge in [-0.05, 0) is 75.3 Å². The number of alkyl halides is 3. The lowest BCUT2D eigenvalue weighted by Gasteiger charge is -2.35. The van der Waals surface area contributed by atoms with E-state index < -0.39 is 23.3 Å². The third kappa shape index (κ3) is 5.62. The minimum Gasteiger partial charge on any atom is -0.481 e. The molecule has 7 nitrogen and oxygen atoms in total. The number of nitrogens with one attached hydrogen (secondary N) is 1. The molecule has 0 aliphatic heterocycles. The maximum atomic E-state index is 13.0. The smallest absolute Gasteiger partial charge is 0.416 e. The summed E-state index contributed by atoms with van der Waals surface area (Å²) in [5.41, 5.74) is -0.624. The lowest BCUT2D eigenvalue weighted by atomic mass is 9.74. The number of rotatable bonds is 6. The Labute approximate surface area is 204 Å². The maximum Gasteiger partial charge on any atom is 0.416 e. The van der Waals surface area contributed by atoms with E-state index in [9.17, 15) is 28.2 Å². The largest absolute Gasteiger partial charge is 0.481 e. The maximum absolute atomic E-state index is 13.0. The average Bonchev–Trinajstić information content (AvgIpc) is 3.30. The van der Waals surface area contributed by atoms with Gasteiger partial charge in [-0.2, -0.15) is 13.2 Å². The van der Waals surface area contributed by atoms with E-state index in [-0.39, 0.29) is 17.7 Å². The third-order valence-electron chi connectivity index (χ3n) is 6.38. The molecule has 3 aromatic heterocycles. The molecule has 0 bridgehead atoms. The van der Waals surface area contributed by atoms with Gasteiger partial charge >= 0.3 is 12.1 Å². The molecule has 0 aromatic carbocycles. The van der Waals surface area contributed by atoms with Gasteiger partial charge in [0.05, 0.1) is 22.1 Å². The number of halogens is 3. The van der Waals surface area contributed by atoms with Crippen LogP contribution in [0.2, 0.25) is 0 Å². The number of aliphatic carboxylic acids is 1. The van der Waals surface area contributed by atoms with Gasteiger partial charge in [-0.1, -0.05) is 0 Å². The van der Waals surface area contributed by atoms with E-state index in [0.29, 0.717) is 47.1 Å². The van der Waals surface area contributed by atoms with Crippen molar-refractivity contribution in [2.45, 2.75) is 51.3 Å². The molecule has 0 unspecified atom stereocenters. The van der Waals surface area contributed by atoms with Gasteiger partial charge in [0.1, 0.15) is 22.2 Å². The van der Waals surface area contributed by atoms with Gasteiger partial charge in [0.2, 0.25) is 0 Å². The molecule has 35 heavy (non-hydrogen) atoms. The van der Waals surface area contributed by atoms with Gasteiger partial charge in [0.25, 0.3) is 0 Å². The first-order valence-corrected chi connectivity index (χ1v) is 12.0. The van der Waals surface area contributed by atoms with Gasteiger partial charge in [-0.15, -0.1) is 11.3 Å². The Balaban J connectivity index is 1.54. The number of anilines is 2. The zero-order valence-electron chi connectivity index (χ0n) is 19.1. The SMILES string of the molecule is Cc1cc(Nc2cc(C(F)(F)F)ccn2)nc(-c2cnc([C@@](C)(O)C3CCC(C(=O)O)CC3)s2)c1. The fourth-order valence-electron chi connectivity index (χ4n) is 4.37. The summed E-state index contributed by atoms with van der Waals surface area (Å²) in [6.07, 6.45) is 0.459. The lowest BCUT2D eigenvalue weighted by Crippen LogP contribution is -2.35. The first-order valence-electron chi connectivity index (χ1n) is 11.1. The van der Waals surface area contributed by atoms with E-state index in [4.69, 9.17) is 0 Å². The van der Waals surface area contributed by atoms with Crippen molar-refractivity contribution >= 4 is 28.9 Å². The van der Waals surface area contributed by atoms with Crippen molar-refractivity contribution in [1.82, 2.24) is 15.0 Å². The van der Waals surface area contributed by atoms with E-state index in [0.717, 1.165) is 23.9 Å². The molecular formula is C24H25F3N4O3S. The number of hydrogen-bond donors (Lipinski definition) is 3. The highest BCUT2D eigenvalue weighted by Gasteiger charge is 2.40. The molecule has 0 spiro atoms. The zero-order valence-corrected chi connectivity index (χ0v) is 20.0. The van der Waals surface area contributed by atoms with Gasteiger partial charge < -0.3 is 15.5 Å². The number of aryl methyl sites for hydroxylation is 1. The second-order valence-corrected chi connectivity index (χ2v) is 10.1. The second kappa shape index (κ2) is 9.54. The molecule has 3 aromatic rings. The third-order valence-corrected chi connectivity index (χ3v) is 7.62. The molecule has 1 aliphatic carbocycles. The van der Waals surface area contributed by atoms with Crippen LogP contribution in [0.5, 0.6) is 0 Å². The van der Waals surface area contributed by atoms with Crippen LogP contribution < -0.4 is 5.32 Å². The minimum absolute atomic E-state index is 0.0220. The molecule has 186 valence electrons. The van der Waals surface area contributed by atoms with E-state index >= 15 is 0 Å². The molecule has 1 fully saturated rings. The van der Waals surface area contributed by atoms with Crippen molar-refractivity contribution < 1.29 is 28.2 Å². The Hall–Kier alpha value is -3.05. The molecule has 11 heteroatoms. The van der Waals surface area contributed by atoms with Crippen LogP contribution in [0.4, 0.5) is 24.8 Å². The van der Waals surface area contributed by atoms with Crippen LogP contribution in [-0.2, 0) is 16.6 Å². The van der Waals surface area contributed by atoms with Crippen molar-refractivity contribution in [3.05, 3.63) is 52.8 Å². The van der Waals surface area contributed by atoms with Crippen LogP contribution >= 0.6 is 11.3 Å². The van der Waals surface area contributed by atoms with E-state index in [1.165, 1.54) is 11.3 Å². The predicted molar refractivity (Wildman–Crippen MR) is 125 cm³/mol. The van der Waals surface area contributed by atoms with Gasteiger partial charge in [0.15, 0.2) is 0 Å². The second-order valence-electron chi connectivity index (χ2n) is 9.03. The van der Waals surface area contributed by atoms with Crippen LogP contribution in [0, 0.1) is 18.8 Å². The topological polar surface area (TPSA) is 108 Å². The highest BCUT2D eigenvalue weighted by atomic mass is 32.1. The number of hydrogen-bond acceptors (Lipinski definition) is 7. The van der Waals surface area contributed by atoms with E-state index in [1.54, 1.807) is 19.2 Å². The van der Waals surface area contributed by atoms with Crippen molar-refractivity contribution in [2.24, 2.45) is 11.8 Å². The number of carboxylic acid groups (broad SMARTS) is 1. The molecule has 3 N–H and O–H groups in total. The van der Waals surface area contributed by atoms with Crippen LogP contribution in [0.25, 0.3) is 10.6 Å². The van der Waals surface area contributed by atoms with E-state index in [2.05, 4.69) is 20.3 Å². The van der Waals surface area contributed by atoms with E-state index in [1.807, 2.05) is 13.0 Å². The van der Waals surface area contributed by atoms with Crippen molar-refractivity contribution in [3.8, 4) is 10.6 Å². The van der Waals surface area contributed by atoms with Crippen LogP contribution in [-0.4, -0.2) is 31.1 Å². The van der Waals surface area contributed by atoms with Crippen molar-refractivity contribution in [1.29, 1.82) is 0 Å². The number of carbonyl (C=O) groups is 1. The van der Waals surface area contributed by atoms with Crippen LogP contribution in [0.15, 0.2) is 36.7 Å². The monoisotopic (exact) mass is 506 g/mol. The average molecular weight is 507 g/mol. The number of thiazole rings is 1. The minimum atomic E-state index is -4.48. The van der Waals surface area contributed by atoms with Crippen LogP contribution in [0.1, 0.15) is 48.7 Å². The Bertz CT molecular complexity index is 1220. The summed E-state index contributed by atoms with van der Waals surface area (Å²) in [5.74, 6) is -0.918. The highest BCUT2D eigenvalue weighted by Crippen LogP contribution is 2.43. The summed E-state index contributed by atoms with van der Waals surface area (Å²) in [7, 11) is 0. The lowest BCUT2D eigenvalue weighted by molar-refractivity contribution is -0.144. The molecule has 0 saturated heterocycles. The van der Waals surface area contributed by atoms with Crippen molar-refractivity contribution in [2.75, 3.05) is 5.32 Å². The Morgan fingerprint density at radius 2 is 1.83 bits per heavy atom. The standard InChI is InChI=1S/C24H25F3N4O3S/c1-13-9-17(30-20(10-13)31-19-11-16(7-8-28-19)24(25,26)27)18-12-29-22(35-18)23(2,34)15-5-3-14(4-6-15)21(32)33/h7-12,14-15,34H,3-6H2,1-2H3,(H,32,33)(H,28,30,31)/t14?,15?,23-/m0/s1. The molecule has 0 amide bonds. The fourth-order valence-corrected chi connectivity index (χ4v) is 5.37. The highest BCUT2D eigenvalue weighted by molar-refractivity contribution is 7.15. The summed E-state index contributed by atoms with van der Waals surface area (Å²) < 4.78 is 39.1. The fraction of sp³-hybridized carbons (Fsp3) is 0.417.